The van der Waals surface area contributed by atoms with Crippen molar-refractivity contribution in [2.75, 3.05) is 26.4 Å². The van der Waals surface area contributed by atoms with Crippen LogP contribution in [-0.4, -0.2) is 49.3 Å². The van der Waals surface area contributed by atoms with E-state index in [0.717, 1.165) is 141 Å². The average Bonchev–Trinajstić information content (AvgIpc) is 3.74. The third kappa shape index (κ3) is 73.8. The molecule has 0 aliphatic rings. The zero-order chi connectivity index (χ0) is 65.8. The second-order valence-electron chi connectivity index (χ2n) is 23.0. The zero-order valence-electron chi connectivity index (χ0n) is 57.5. The van der Waals surface area contributed by atoms with Gasteiger partial charge in [-0.25, -0.2) is 4.57 Å². The first kappa shape index (κ1) is 85.8. The molecule has 0 spiro atoms. The zero-order valence-corrected chi connectivity index (χ0v) is 58.4. The molecule has 0 saturated heterocycles. The first-order valence-electron chi connectivity index (χ1n) is 35.9. The Labute approximate surface area is 557 Å². The highest BCUT2D eigenvalue weighted by atomic mass is 31.2. The van der Waals surface area contributed by atoms with Crippen LogP contribution in [0.3, 0.4) is 0 Å². The lowest BCUT2D eigenvalue weighted by molar-refractivity contribution is -0.161. The quantitative estimate of drug-likeness (QED) is 0.0264. The van der Waals surface area contributed by atoms with E-state index < -0.39 is 32.5 Å². The van der Waals surface area contributed by atoms with Crippen LogP contribution in [0.5, 0.6) is 0 Å². The molecule has 0 radical (unpaired) electrons. The highest BCUT2D eigenvalue weighted by Crippen LogP contribution is 2.43. The highest BCUT2D eigenvalue weighted by molar-refractivity contribution is 7.47. The van der Waals surface area contributed by atoms with Crippen LogP contribution in [0.4, 0.5) is 0 Å². The number of hydrogen-bond donors (Lipinski definition) is 2. The Morgan fingerprint density at radius 2 is 0.571 bits per heavy atom. The van der Waals surface area contributed by atoms with Crippen LogP contribution in [0, 0.1) is 0 Å². The number of carbonyl (C=O) groups excluding carboxylic acids is 2. The Balaban J connectivity index is 4.01. The number of ether oxygens (including phenoxy) is 2. The van der Waals surface area contributed by atoms with Crippen LogP contribution in [0.1, 0.15) is 271 Å². The van der Waals surface area contributed by atoms with E-state index in [2.05, 4.69) is 208 Å². The van der Waals surface area contributed by atoms with Crippen molar-refractivity contribution in [3.8, 4) is 0 Å². The van der Waals surface area contributed by atoms with Crippen molar-refractivity contribution in [3.63, 3.8) is 0 Å². The molecule has 0 fully saturated rings. The van der Waals surface area contributed by atoms with Gasteiger partial charge in [0.2, 0.25) is 0 Å². The molecule has 0 aliphatic heterocycles. The van der Waals surface area contributed by atoms with E-state index in [-0.39, 0.29) is 32.6 Å². The molecule has 0 bridgehead atoms. The molecule has 0 aliphatic carbocycles. The van der Waals surface area contributed by atoms with Crippen molar-refractivity contribution >= 4 is 19.8 Å². The Kier molecular flexibility index (Phi) is 69.7. The molecular weight excluding hydrogens is 1150 g/mol. The fraction of sp³-hybridized carbons (Fsp3) is 0.580. The number of hydrogen-bond acceptors (Lipinski definition) is 8. The molecule has 0 aromatic heterocycles. The lowest BCUT2D eigenvalue weighted by atomic mass is 10.0. The number of allylic oxidation sites excluding steroid dienone is 32. The third-order valence-corrected chi connectivity index (χ3v) is 15.5. The van der Waals surface area contributed by atoms with Crippen LogP contribution in [-0.2, 0) is 32.7 Å². The van der Waals surface area contributed by atoms with Gasteiger partial charge in [-0.05, 0) is 141 Å². The van der Waals surface area contributed by atoms with E-state index in [1.165, 1.54) is 96.3 Å². The highest BCUT2D eigenvalue weighted by Gasteiger charge is 2.26. The predicted molar refractivity (Wildman–Crippen MR) is 394 cm³/mol. The Hall–Kier alpha value is -5.15. The second kappa shape index (κ2) is 73.9. The van der Waals surface area contributed by atoms with E-state index in [0.29, 0.717) is 6.42 Å². The Morgan fingerprint density at radius 1 is 0.330 bits per heavy atom. The molecule has 512 valence electrons. The van der Waals surface area contributed by atoms with E-state index >= 15 is 0 Å². The maximum absolute atomic E-state index is 12.8. The number of carbonyl (C=O) groups is 2. The van der Waals surface area contributed by atoms with E-state index in [4.69, 9.17) is 24.3 Å². The van der Waals surface area contributed by atoms with Gasteiger partial charge in [0, 0.05) is 19.4 Å². The van der Waals surface area contributed by atoms with Crippen LogP contribution in [0.15, 0.2) is 194 Å². The van der Waals surface area contributed by atoms with Gasteiger partial charge in [0.1, 0.15) is 6.61 Å². The summed E-state index contributed by atoms with van der Waals surface area (Å²) in [6, 6.07) is 0. The molecule has 0 amide bonds. The topological polar surface area (TPSA) is 134 Å². The van der Waals surface area contributed by atoms with Crippen molar-refractivity contribution in [1.29, 1.82) is 0 Å². The van der Waals surface area contributed by atoms with Crippen molar-refractivity contribution < 1.29 is 37.6 Å². The number of nitrogens with two attached hydrogens (primary N) is 1. The minimum Gasteiger partial charge on any atom is -0.462 e. The molecule has 9 nitrogen and oxygen atoms in total. The normalized spacial score (nSPS) is 14.1. The summed E-state index contributed by atoms with van der Waals surface area (Å²) in [7, 11) is -4.42. The van der Waals surface area contributed by atoms with Crippen LogP contribution < -0.4 is 5.73 Å². The van der Waals surface area contributed by atoms with Gasteiger partial charge < -0.3 is 20.1 Å². The summed E-state index contributed by atoms with van der Waals surface area (Å²) >= 11 is 0. The summed E-state index contributed by atoms with van der Waals surface area (Å²) in [6.45, 7) is 3.47. The van der Waals surface area contributed by atoms with Gasteiger partial charge in [0.15, 0.2) is 6.10 Å². The number of unbranched alkanes of at least 4 members (excludes halogenated alkanes) is 20. The van der Waals surface area contributed by atoms with Crippen molar-refractivity contribution in [2.45, 2.75) is 277 Å². The summed E-state index contributed by atoms with van der Waals surface area (Å²) in [4.78, 5) is 35.4. The van der Waals surface area contributed by atoms with Crippen molar-refractivity contribution in [2.24, 2.45) is 5.73 Å². The van der Waals surface area contributed by atoms with Gasteiger partial charge in [-0.3, -0.25) is 18.6 Å². The lowest BCUT2D eigenvalue weighted by Crippen LogP contribution is -2.29. The Morgan fingerprint density at radius 3 is 0.857 bits per heavy atom. The fourth-order valence-corrected chi connectivity index (χ4v) is 10.0. The van der Waals surface area contributed by atoms with Gasteiger partial charge in [-0.15, -0.1) is 0 Å². The molecule has 2 unspecified atom stereocenters. The lowest BCUT2D eigenvalue weighted by Gasteiger charge is -2.19. The summed E-state index contributed by atoms with van der Waals surface area (Å²) in [6.07, 6.45) is 112. The molecule has 0 aromatic rings. The number of esters is 2. The van der Waals surface area contributed by atoms with Gasteiger partial charge in [0.05, 0.1) is 13.2 Å². The van der Waals surface area contributed by atoms with E-state index in [1.54, 1.807) is 0 Å². The minimum atomic E-state index is -4.42. The van der Waals surface area contributed by atoms with Crippen LogP contribution >= 0.6 is 7.82 Å². The first-order valence-corrected chi connectivity index (χ1v) is 37.4. The minimum absolute atomic E-state index is 0.0384. The second-order valence-corrected chi connectivity index (χ2v) is 24.4. The molecule has 91 heavy (non-hydrogen) atoms. The summed E-state index contributed by atoms with van der Waals surface area (Å²) in [5.74, 6) is -0.874. The largest absolute Gasteiger partial charge is 0.472 e. The van der Waals surface area contributed by atoms with E-state index in [9.17, 15) is 19.0 Å². The number of rotatable bonds is 65. The maximum Gasteiger partial charge on any atom is 0.472 e. The third-order valence-electron chi connectivity index (χ3n) is 14.5. The molecule has 10 heteroatoms. The molecule has 0 aromatic carbocycles. The van der Waals surface area contributed by atoms with Gasteiger partial charge in [0.25, 0.3) is 0 Å². The molecule has 0 heterocycles. The maximum atomic E-state index is 12.8. The molecule has 3 N–H and O–H groups in total. The molecular formula is C81H130NO8P. The molecule has 2 atom stereocenters. The van der Waals surface area contributed by atoms with Gasteiger partial charge in [-0.1, -0.05) is 311 Å². The predicted octanol–water partition coefficient (Wildman–Crippen LogP) is 24.1. The molecule has 0 rings (SSSR count). The SMILES string of the molecule is CC/C=C\C/C=C\C/C=C\C/C=C\C/C=C\C/C=C\C/C=C\C/C=C\C/C=C\C/C=C\C/C=C\CCCCCC(=O)OC(COC(=O)CCCCCCCCCCCCCCCCCCC/C=C\C/C=C\C/C=C\C/C=C\C/C=C\CC)COP(=O)(O)OCCN. The average molecular weight is 1280 g/mol. The monoisotopic (exact) mass is 1280 g/mol. The summed E-state index contributed by atoms with van der Waals surface area (Å²) < 4.78 is 33.1. The smallest absolute Gasteiger partial charge is 0.462 e. The fourth-order valence-electron chi connectivity index (χ4n) is 9.26. The summed E-state index contributed by atoms with van der Waals surface area (Å²) in [5, 5.41) is 0. The van der Waals surface area contributed by atoms with E-state index in [1.807, 2.05) is 0 Å². The van der Waals surface area contributed by atoms with Crippen molar-refractivity contribution in [3.05, 3.63) is 194 Å². The number of phosphoric acid groups is 1. The Bertz CT molecular complexity index is 2200. The van der Waals surface area contributed by atoms with Crippen LogP contribution in [0.2, 0.25) is 0 Å². The van der Waals surface area contributed by atoms with Gasteiger partial charge >= 0.3 is 19.8 Å². The van der Waals surface area contributed by atoms with Gasteiger partial charge in [-0.2, -0.15) is 0 Å². The number of phosphoric ester groups is 1. The standard InChI is InChI=1S/C81H130NO8P/c1-3-5-7-9-11-13-15-17-19-21-23-25-27-29-31-33-35-37-38-39-40-42-44-46-48-50-52-54-56-58-60-62-64-66-68-70-72-74-81(84)90-79(78-89-91(85,86)88-76-75-82)77-87-80(83)73-71-69-67-65-63-61-59-57-55-53-51-49-47-45-43-41-36-34-32-30-28-26-24-22-20-18-16-14-12-10-8-6-4-2/h5-8,11-14,17-20,23-26,29-32,35,37,39-40,44,46,50,52,56,58,62,64,79H,3-4,9-10,15-16,21-22,27-28,33-34,36,38,41-43,45,47-49,51,53-55,57,59-61,63,65-78,82H2,1-2H3,(H,85,86)/b7-5-,8-6-,13-11-,14-12-,19-17-,20-18-,25-23-,26-24-,31-29-,32-30-,37-35-,40-39-,46-44-,52-50-,58-56-,64-62-. The summed E-state index contributed by atoms with van der Waals surface area (Å²) in [5.41, 5.74) is 5.40. The molecule has 0 saturated carbocycles. The van der Waals surface area contributed by atoms with Crippen molar-refractivity contribution in [1.82, 2.24) is 0 Å². The first-order chi connectivity index (χ1) is 44.8. The van der Waals surface area contributed by atoms with Crippen LogP contribution in [0.25, 0.3) is 0 Å².